The monoisotopic (exact) mass is 331 g/mol. The van der Waals surface area contributed by atoms with Crippen molar-refractivity contribution in [2.24, 2.45) is 10.7 Å². The number of ether oxygens (including phenoxy) is 1. The van der Waals surface area contributed by atoms with E-state index < -0.39 is 5.54 Å². The van der Waals surface area contributed by atoms with Crippen molar-refractivity contribution >= 4 is 25.2 Å². The first kappa shape index (κ1) is 15.8. The zero-order chi connectivity index (χ0) is 17.6. The van der Waals surface area contributed by atoms with Gasteiger partial charge < -0.3 is 10.5 Å². The molecule has 0 saturated heterocycles. The van der Waals surface area contributed by atoms with Gasteiger partial charge in [-0.05, 0) is 18.6 Å². The smallest absolute Gasteiger partial charge is 0.262 e. The van der Waals surface area contributed by atoms with E-state index in [0.717, 1.165) is 5.56 Å². The molecule has 6 heteroatoms. The van der Waals surface area contributed by atoms with E-state index in [1.54, 1.807) is 18.2 Å². The molecule has 0 saturated carbocycles. The van der Waals surface area contributed by atoms with Crippen molar-refractivity contribution in [3.63, 3.8) is 0 Å². The van der Waals surface area contributed by atoms with Crippen molar-refractivity contribution in [3.8, 4) is 5.75 Å². The largest absolute Gasteiger partial charge is 0.485 e. The Kier molecular flexibility index (Phi) is 3.56. The predicted octanol–water partition coefficient (Wildman–Crippen LogP) is 1.38. The first-order valence-corrected chi connectivity index (χ1v) is 8.34. The topological polar surface area (TPSA) is 67.9 Å². The Morgan fingerprint density at radius 2 is 2.08 bits per heavy atom. The lowest BCUT2D eigenvalue weighted by atomic mass is 9.78. The van der Waals surface area contributed by atoms with Crippen molar-refractivity contribution in [2.75, 3.05) is 6.54 Å². The molecule has 4 rings (SSSR count). The van der Waals surface area contributed by atoms with Crippen LogP contribution in [0.15, 0.2) is 53.5 Å². The lowest BCUT2D eigenvalue weighted by Gasteiger charge is -2.37. The highest BCUT2D eigenvalue weighted by Gasteiger charge is 2.54. The SMILES string of the molecule is [B]c1ccc2c(c1)C1(CC(c3ccccc3)O2)N=C(N)N(CC)C1=O. The predicted molar refractivity (Wildman–Crippen MR) is 96.9 cm³/mol. The molecule has 2 unspecified atom stereocenters. The van der Waals surface area contributed by atoms with Gasteiger partial charge in [0.1, 0.15) is 19.7 Å². The third kappa shape index (κ3) is 2.32. The van der Waals surface area contributed by atoms with Crippen LogP contribution in [0.5, 0.6) is 5.75 Å². The van der Waals surface area contributed by atoms with Crippen LogP contribution in [-0.2, 0) is 10.3 Å². The molecule has 0 aromatic heterocycles. The van der Waals surface area contributed by atoms with Gasteiger partial charge in [-0.3, -0.25) is 9.69 Å². The second-order valence-corrected chi connectivity index (χ2v) is 6.36. The summed E-state index contributed by atoms with van der Waals surface area (Å²) in [5.41, 5.74) is 7.22. The van der Waals surface area contributed by atoms with Crippen LogP contribution in [0.2, 0.25) is 0 Å². The highest BCUT2D eigenvalue weighted by Crippen LogP contribution is 2.49. The number of guanidine groups is 1. The summed E-state index contributed by atoms with van der Waals surface area (Å²) in [6, 6.07) is 15.2. The summed E-state index contributed by atoms with van der Waals surface area (Å²) >= 11 is 0. The lowest BCUT2D eigenvalue weighted by molar-refractivity contribution is -0.133. The average molecular weight is 331 g/mol. The summed E-state index contributed by atoms with van der Waals surface area (Å²) in [5.74, 6) is 0.746. The fourth-order valence-electron chi connectivity index (χ4n) is 3.65. The van der Waals surface area contributed by atoms with Gasteiger partial charge in [-0.2, -0.15) is 0 Å². The summed E-state index contributed by atoms with van der Waals surface area (Å²) < 4.78 is 6.18. The van der Waals surface area contributed by atoms with E-state index in [4.69, 9.17) is 18.3 Å². The maximum absolute atomic E-state index is 13.2. The molecule has 2 aliphatic heterocycles. The molecule has 2 heterocycles. The van der Waals surface area contributed by atoms with Crippen LogP contribution in [0.3, 0.4) is 0 Å². The zero-order valence-electron chi connectivity index (χ0n) is 14.0. The fourth-order valence-corrected chi connectivity index (χ4v) is 3.65. The molecule has 1 spiro atoms. The van der Waals surface area contributed by atoms with Crippen molar-refractivity contribution < 1.29 is 9.53 Å². The maximum Gasteiger partial charge on any atom is 0.262 e. The molecule has 0 fully saturated rings. The number of likely N-dealkylation sites (N-methyl/N-ethyl adjacent to an activating group) is 1. The number of hydrogen-bond acceptors (Lipinski definition) is 4. The number of nitrogens with two attached hydrogens (primary N) is 1. The summed E-state index contributed by atoms with van der Waals surface area (Å²) in [6.45, 7) is 2.36. The highest BCUT2D eigenvalue weighted by atomic mass is 16.5. The van der Waals surface area contributed by atoms with Crippen LogP contribution in [0.1, 0.15) is 30.6 Å². The Morgan fingerprint density at radius 3 is 2.76 bits per heavy atom. The number of carbonyl (C=O) groups is 1. The minimum Gasteiger partial charge on any atom is -0.485 e. The molecule has 5 nitrogen and oxygen atoms in total. The number of fused-ring (bicyclic) bond motifs is 2. The summed E-state index contributed by atoms with van der Waals surface area (Å²) in [4.78, 5) is 19.3. The molecule has 2 atom stereocenters. The molecule has 1 amide bonds. The van der Waals surface area contributed by atoms with Gasteiger partial charge in [0.15, 0.2) is 11.5 Å². The Bertz CT molecular complexity index is 868. The normalized spacial score (nSPS) is 24.8. The quantitative estimate of drug-likeness (QED) is 0.846. The van der Waals surface area contributed by atoms with Crippen molar-refractivity contribution in [1.29, 1.82) is 0 Å². The van der Waals surface area contributed by atoms with Crippen molar-refractivity contribution in [1.82, 2.24) is 4.90 Å². The van der Waals surface area contributed by atoms with Gasteiger partial charge in [0, 0.05) is 18.5 Å². The molecule has 2 aliphatic rings. The van der Waals surface area contributed by atoms with Crippen LogP contribution >= 0.6 is 0 Å². The molecule has 2 radical (unpaired) electrons. The lowest BCUT2D eigenvalue weighted by Crippen LogP contribution is -2.45. The van der Waals surface area contributed by atoms with E-state index in [1.165, 1.54) is 4.90 Å². The third-order valence-corrected chi connectivity index (χ3v) is 4.87. The summed E-state index contributed by atoms with van der Waals surface area (Å²) in [7, 11) is 5.97. The first-order chi connectivity index (χ1) is 12.0. The number of rotatable bonds is 2. The number of nitrogens with zero attached hydrogens (tertiary/aromatic N) is 2. The first-order valence-electron chi connectivity index (χ1n) is 8.34. The van der Waals surface area contributed by atoms with Crippen LogP contribution in [-0.4, -0.2) is 31.2 Å². The number of carbonyl (C=O) groups excluding carboxylic acids is 1. The van der Waals surface area contributed by atoms with Gasteiger partial charge in [0.05, 0.1) is 0 Å². The highest BCUT2D eigenvalue weighted by molar-refractivity contribution is 6.32. The molecule has 0 aliphatic carbocycles. The Balaban J connectivity index is 1.88. The van der Waals surface area contributed by atoms with Gasteiger partial charge in [0.2, 0.25) is 0 Å². The zero-order valence-corrected chi connectivity index (χ0v) is 14.0. The molecular formula is C19H18BN3O2. The van der Waals surface area contributed by atoms with Crippen molar-refractivity contribution in [3.05, 3.63) is 59.7 Å². The fraction of sp³-hybridized carbons (Fsp3) is 0.263. The van der Waals surface area contributed by atoms with Gasteiger partial charge >= 0.3 is 0 Å². The third-order valence-electron chi connectivity index (χ3n) is 4.87. The van der Waals surface area contributed by atoms with Gasteiger partial charge in [-0.15, -0.1) is 0 Å². The number of aliphatic imine (C=N–C) groups is 1. The Morgan fingerprint density at radius 1 is 1.32 bits per heavy atom. The van der Waals surface area contributed by atoms with E-state index >= 15 is 0 Å². The second-order valence-electron chi connectivity index (χ2n) is 6.36. The average Bonchev–Trinajstić information content (AvgIpc) is 2.86. The molecular weight excluding hydrogens is 313 g/mol. The Labute approximate surface area is 147 Å². The van der Waals surface area contributed by atoms with Crippen molar-refractivity contribution in [2.45, 2.75) is 25.0 Å². The van der Waals surface area contributed by atoms with E-state index in [0.29, 0.717) is 29.7 Å². The standard InChI is InChI=1S/C19H18BN3O2/c1-2-23-17(24)19(22-18(23)21)11-16(12-6-4-3-5-7-12)25-15-9-8-13(20)10-14(15)19/h3-10,16H,2,11H2,1H3,(H2,21,22). The molecule has 0 bridgehead atoms. The van der Waals surface area contributed by atoms with E-state index in [2.05, 4.69) is 4.99 Å². The minimum absolute atomic E-state index is 0.122. The minimum atomic E-state index is -1.08. The molecule has 124 valence electrons. The number of hydrogen-bond donors (Lipinski definition) is 1. The number of amides is 1. The van der Waals surface area contributed by atoms with Crippen LogP contribution in [0, 0.1) is 0 Å². The van der Waals surface area contributed by atoms with Crippen LogP contribution in [0.4, 0.5) is 0 Å². The summed E-state index contributed by atoms with van der Waals surface area (Å²) in [5, 5.41) is 0. The van der Waals surface area contributed by atoms with E-state index in [9.17, 15) is 4.79 Å². The Hall–Kier alpha value is -2.76. The maximum atomic E-state index is 13.2. The van der Waals surface area contributed by atoms with Gasteiger partial charge in [-0.25, -0.2) is 4.99 Å². The molecule has 2 N–H and O–H groups in total. The van der Waals surface area contributed by atoms with Crippen LogP contribution < -0.4 is 15.9 Å². The van der Waals surface area contributed by atoms with Gasteiger partial charge in [0.25, 0.3) is 5.91 Å². The van der Waals surface area contributed by atoms with E-state index in [1.807, 2.05) is 37.3 Å². The molecule has 2 aromatic carbocycles. The number of benzene rings is 2. The van der Waals surface area contributed by atoms with E-state index in [-0.39, 0.29) is 18.0 Å². The van der Waals surface area contributed by atoms with Gasteiger partial charge in [-0.1, -0.05) is 47.9 Å². The second kappa shape index (κ2) is 5.65. The summed E-state index contributed by atoms with van der Waals surface area (Å²) in [6.07, 6.45) is 0.110. The molecule has 25 heavy (non-hydrogen) atoms. The molecule has 2 aromatic rings. The van der Waals surface area contributed by atoms with Crippen LogP contribution in [0.25, 0.3) is 0 Å².